The monoisotopic (exact) mass is 331 g/mol. The fourth-order valence-corrected chi connectivity index (χ4v) is 3.46. The third-order valence-electron chi connectivity index (χ3n) is 4.87. The minimum atomic E-state index is -1.02. The summed E-state index contributed by atoms with van der Waals surface area (Å²) in [6, 6.07) is 7.25. The summed E-state index contributed by atoms with van der Waals surface area (Å²) in [5.41, 5.74) is 0.584. The summed E-state index contributed by atoms with van der Waals surface area (Å²) in [4.78, 5) is 25.6. The molecule has 0 radical (unpaired) electrons. The summed E-state index contributed by atoms with van der Waals surface area (Å²) in [6.45, 7) is 0.454. The molecule has 2 saturated carbocycles. The molecule has 2 aliphatic carbocycles. The molecule has 0 atom stereocenters. The molecule has 0 unspecified atom stereocenters. The minimum Gasteiger partial charge on any atom is -0.482 e. The molecule has 24 heavy (non-hydrogen) atoms. The summed E-state index contributed by atoms with van der Waals surface area (Å²) in [7, 11) is 0. The number of nitrogens with zero attached hydrogens (tertiary/aromatic N) is 1. The standard InChI is InChI=1S/C19H25NO4/c21-18(22)13-24-17-8-4-7-15(11-17)19(23)20(16-9-10-16)12-14-5-2-1-3-6-14/h4,7-8,11,14,16H,1-3,5-6,9-10,12-13H2,(H,21,22). The van der Waals surface area contributed by atoms with Crippen molar-refractivity contribution < 1.29 is 19.4 Å². The van der Waals surface area contributed by atoms with Crippen LogP contribution in [-0.4, -0.2) is 41.1 Å². The van der Waals surface area contributed by atoms with Gasteiger partial charge in [0.25, 0.3) is 5.91 Å². The molecular weight excluding hydrogens is 306 g/mol. The van der Waals surface area contributed by atoms with Crippen LogP contribution in [0.3, 0.4) is 0 Å². The van der Waals surface area contributed by atoms with Crippen LogP contribution in [0.1, 0.15) is 55.3 Å². The van der Waals surface area contributed by atoms with Crippen LogP contribution in [0.4, 0.5) is 0 Å². The predicted octanol–water partition coefficient (Wildman–Crippen LogP) is 3.33. The average Bonchev–Trinajstić information content (AvgIpc) is 3.43. The van der Waals surface area contributed by atoms with E-state index in [9.17, 15) is 9.59 Å². The quantitative estimate of drug-likeness (QED) is 0.832. The van der Waals surface area contributed by atoms with Gasteiger partial charge in [0.1, 0.15) is 5.75 Å². The molecule has 0 aromatic heterocycles. The van der Waals surface area contributed by atoms with Crippen molar-refractivity contribution in [1.29, 1.82) is 0 Å². The lowest BCUT2D eigenvalue weighted by Gasteiger charge is -2.30. The van der Waals surface area contributed by atoms with E-state index in [0.717, 1.165) is 19.4 Å². The van der Waals surface area contributed by atoms with Crippen LogP contribution in [0.2, 0.25) is 0 Å². The van der Waals surface area contributed by atoms with E-state index in [1.807, 2.05) is 4.90 Å². The first kappa shape index (κ1) is 16.8. The smallest absolute Gasteiger partial charge is 0.341 e. The van der Waals surface area contributed by atoms with Gasteiger partial charge in [0.15, 0.2) is 6.61 Å². The van der Waals surface area contributed by atoms with E-state index < -0.39 is 12.6 Å². The second-order valence-corrected chi connectivity index (χ2v) is 6.90. The Morgan fingerprint density at radius 3 is 2.54 bits per heavy atom. The fraction of sp³-hybridized carbons (Fsp3) is 0.579. The topological polar surface area (TPSA) is 66.8 Å². The highest BCUT2D eigenvalue weighted by atomic mass is 16.5. The number of hydrogen-bond donors (Lipinski definition) is 1. The van der Waals surface area contributed by atoms with E-state index in [2.05, 4.69) is 0 Å². The van der Waals surface area contributed by atoms with E-state index in [0.29, 0.717) is 23.3 Å². The van der Waals surface area contributed by atoms with Gasteiger partial charge in [0, 0.05) is 18.2 Å². The van der Waals surface area contributed by atoms with Crippen molar-refractivity contribution in [2.45, 2.75) is 51.0 Å². The van der Waals surface area contributed by atoms with Gasteiger partial charge in [-0.1, -0.05) is 25.3 Å². The molecule has 1 aromatic rings. The first-order chi connectivity index (χ1) is 11.6. The van der Waals surface area contributed by atoms with Gasteiger partial charge in [0.2, 0.25) is 0 Å². The number of aliphatic carboxylic acids is 1. The van der Waals surface area contributed by atoms with Crippen molar-refractivity contribution in [2.24, 2.45) is 5.92 Å². The molecule has 1 amide bonds. The van der Waals surface area contributed by atoms with Crippen LogP contribution in [0, 0.1) is 5.92 Å². The van der Waals surface area contributed by atoms with Gasteiger partial charge < -0.3 is 14.7 Å². The van der Waals surface area contributed by atoms with Gasteiger partial charge in [-0.05, 0) is 49.8 Å². The zero-order valence-electron chi connectivity index (χ0n) is 13.9. The van der Waals surface area contributed by atoms with E-state index >= 15 is 0 Å². The second-order valence-electron chi connectivity index (χ2n) is 6.90. The molecule has 0 spiro atoms. The molecular formula is C19H25NO4. The lowest BCUT2D eigenvalue weighted by molar-refractivity contribution is -0.139. The van der Waals surface area contributed by atoms with Gasteiger partial charge in [-0.15, -0.1) is 0 Å². The van der Waals surface area contributed by atoms with Crippen molar-refractivity contribution in [3.63, 3.8) is 0 Å². The Kier molecular flexibility index (Phi) is 5.38. The maximum absolute atomic E-state index is 12.9. The number of carbonyl (C=O) groups is 2. The molecule has 130 valence electrons. The third-order valence-corrected chi connectivity index (χ3v) is 4.87. The van der Waals surface area contributed by atoms with Crippen LogP contribution < -0.4 is 4.74 Å². The number of hydrogen-bond acceptors (Lipinski definition) is 3. The van der Waals surface area contributed by atoms with Crippen molar-refractivity contribution in [3.8, 4) is 5.75 Å². The Hall–Kier alpha value is -2.04. The van der Waals surface area contributed by atoms with Gasteiger partial charge >= 0.3 is 5.97 Å². The van der Waals surface area contributed by atoms with Crippen LogP contribution in [0.25, 0.3) is 0 Å². The van der Waals surface area contributed by atoms with Gasteiger partial charge in [-0.3, -0.25) is 4.79 Å². The summed E-state index contributed by atoms with van der Waals surface area (Å²) in [6.07, 6.45) is 8.49. The van der Waals surface area contributed by atoms with E-state index in [4.69, 9.17) is 9.84 Å². The number of carboxylic acid groups (broad SMARTS) is 1. The van der Waals surface area contributed by atoms with Gasteiger partial charge in [-0.2, -0.15) is 0 Å². The minimum absolute atomic E-state index is 0.0452. The van der Waals surface area contributed by atoms with Crippen LogP contribution in [-0.2, 0) is 4.79 Å². The number of amides is 1. The molecule has 1 N–H and O–H groups in total. The van der Waals surface area contributed by atoms with E-state index in [1.54, 1.807) is 24.3 Å². The summed E-state index contributed by atoms with van der Waals surface area (Å²) in [5.74, 6) is 0.0684. The Morgan fingerprint density at radius 1 is 1.12 bits per heavy atom. The van der Waals surface area contributed by atoms with Gasteiger partial charge in [-0.25, -0.2) is 4.79 Å². The zero-order valence-corrected chi connectivity index (χ0v) is 13.9. The molecule has 5 heteroatoms. The first-order valence-corrected chi connectivity index (χ1v) is 8.89. The largest absolute Gasteiger partial charge is 0.482 e. The molecule has 0 bridgehead atoms. The Balaban J connectivity index is 1.67. The molecule has 2 aliphatic rings. The summed E-state index contributed by atoms with van der Waals surface area (Å²) in [5, 5.41) is 8.70. The fourth-order valence-electron chi connectivity index (χ4n) is 3.46. The number of rotatable bonds is 7. The summed E-state index contributed by atoms with van der Waals surface area (Å²) >= 11 is 0. The van der Waals surface area contributed by atoms with Crippen molar-refractivity contribution in [1.82, 2.24) is 4.90 Å². The van der Waals surface area contributed by atoms with Crippen molar-refractivity contribution >= 4 is 11.9 Å². The molecule has 0 heterocycles. The zero-order chi connectivity index (χ0) is 16.9. The molecule has 0 saturated heterocycles. The number of carboxylic acids is 1. The van der Waals surface area contributed by atoms with Crippen LogP contribution in [0.5, 0.6) is 5.75 Å². The average molecular weight is 331 g/mol. The molecule has 3 rings (SSSR count). The number of ether oxygens (including phenoxy) is 1. The maximum Gasteiger partial charge on any atom is 0.341 e. The van der Waals surface area contributed by atoms with Crippen molar-refractivity contribution in [2.75, 3.05) is 13.2 Å². The summed E-state index contributed by atoms with van der Waals surface area (Å²) < 4.78 is 5.19. The Labute approximate surface area is 142 Å². The van der Waals surface area contributed by atoms with Crippen LogP contribution in [0.15, 0.2) is 24.3 Å². The third kappa shape index (κ3) is 4.49. The highest BCUT2D eigenvalue weighted by Gasteiger charge is 2.34. The molecule has 5 nitrogen and oxygen atoms in total. The number of benzene rings is 1. The predicted molar refractivity (Wildman–Crippen MR) is 90.2 cm³/mol. The molecule has 2 fully saturated rings. The molecule has 1 aromatic carbocycles. The maximum atomic E-state index is 12.9. The SMILES string of the molecule is O=C(O)COc1cccc(C(=O)N(CC2CCCCC2)C2CC2)c1. The first-order valence-electron chi connectivity index (χ1n) is 8.89. The molecule has 0 aliphatic heterocycles. The highest BCUT2D eigenvalue weighted by molar-refractivity contribution is 5.95. The lowest BCUT2D eigenvalue weighted by Crippen LogP contribution is -2.37. The van der Waals surface area contributed by atoms with E-state index in [1.165, 1.54) is 32.1 Å². The van der Waals surface area contributed by atoms with Crippen LogP contribution >= 0.6 is 0 Å². The Morgan fingerprint density at radius 2 is 1.88 bits per heavy atom. The normalized spacial score (nSPS) is 18.2. The second kappa shape index (κ2) is 7.69. The van der Waals surface area contributed by atoms with E-state index in [-0.39, 0.29) is 5.91 Å². The highest BCUT2D eigenvalue weighted by Crippen LogP contribution is 2.32. The lowest BCUT2D eigenvalue weighted by atomic mass is 9.89. The van der Waals surface area contributed by atoms with Crippen molar-refractivity contribution in [3.05, 3.63) is 29.8 Å². The van der Waals surface area contributed by atoms with Gasteiger partial charge in [0.05, 0.1) is 0 Å². The number of carbonyl (C=O) groups excluding carboxylic acids is 1. The Bertz CT molecular complexity index is 591.